The molecule has 1 aliphatic rings. The van der Waals surface area contributed by atoms with Crippen LogP contribution in [0.5, 0.6) is 0 Å². The van der Waals surface area contributed by atoms with Crippen LogP contribution in [0.1, 0.15) is 58.3 Å². The van der Waals surface area contributed by atoms with E-state index in [1.54, 1.807) is 0 Å². The molecule has 15 heavy (non-hydrogen) atoms. The highest BCUT2D eigenvalue weighted by Gasteiger charge is 2.45. The Balaban J connectivity index is 2.68. The molecular weight excluding hydrogens is 192 g/mol. The zero-order valence-electron chi connectivity index (χ0n) is 9.42. The van der Waals surface area contributed by atoms with Crippen molar-refractivity contribution < 1.29 is 14.7 Å². The average Bonchev–Trinajstić information content (AvgIpc) is 2.21. The Bertz CT molecular complexity index is 247. The molecule has 0 aromatic heterocycles. The highest BCUT2D eigenvalue weighted by Crippen LogP contribution is 2.38. The van der Waals surface area contributed by atoms with Gasteiger partial charge in [-0.2, -0.15) is 0 Å². The molecule has 0 aliphatic heterocycles. The van der Waals surface area contributed by atoms with E-state index >= 15 is 0 Å². The van der Waals surface area contributed by atoms with Crippen molar-refractivity contribution in [2.45, 2.75) is 58.3 Å². The van der Waals surface area contributed by atoms with Crippen LogP contribution in [0.3, 0.4) is 0 Å². The number of carbonyl (C=O) groups is 2. The molecule has 86 valence electrons. The topological polar surface area (TPSA) is 54.4 Å². The van der Waals surface area contributed by atoms with Gasteiger partial charge in [0.05, 0.1) is 0 Å². The molecule has 1 rings (SSSR count). The van der Waals surface area contributed by atoms with Crippen LogP contribution in [0.2, 0.25) is 0 Å². The summed E-state index contributed by atoms with van der Waals surface area (Å²) >= 11 is 0. The van der Waals surface area contributed by atoms with Gasteiger partial charge in [0.15, 0.2) is 0 Å². The molecule has 0 spiro atoms. The Morgan fingerprint density at radius 1 is 1.40 bits per heavy atom. The molecule has 0 aromatic carbocycles. The van der Waals surface area contributed by atoms with Crippen LogP contribution >= 0.6 is 0 Å². The third kappa shape index (κ3) is 2.58. The first-order chi connectivity index (χ1) is 7.13. The third-order valence-electron chi connectivity index (χ3n) is 3.41. The van der Waals surface area contributed by atoms with E-state index in [2.05, 4.69) is 6.92 Å². The molecule has 1 unspecified atom stereocenters. The van der Waals surface area contributed by atoms with Gasteiger partial charge in [0.25, 0.3) is 0 Å². The fourth-order valence-electron chi connectivity index (χ4n) is 2.37. The molecule has 1 atom stereocenters. The Morgan fingerprint density at radius 3 is 2.67 bits per heavy atom. The molecule has 3 heteroatoms. The van der Waals surface area contributed by atoms with E-state index in [1.165, 1.54) is 0 Å². The number of hydrogen-bond donors (Lipinski definition) is 1. The maximum Gasteiger partial charge on any atom is 0.317 e. The summed E-state index contributed by atoms with van der Waals surface area (Å²) < 4.78 is 0. The van der Waals surface area contributed by atoms with Crippen LogP contribution in [-0.2, 0) is 9.59 Å². The number of ketones is 1. The van der Waals surface area contributed by atoms with Gasteiger partial charge in [0, 0.05) is 6.42 Å². The van der Waals surface area contributed by atoms with Crippen LogP contribution in [0.25, 0.3) is 0 Å². The quantitative estimate of drug-likeness (QED) is 0.563. The lowest BCUT2D eigenvalue weighted by molar-refractivity contribution is -0.157. The van der Waals surface area contributed by atoms with Gasteiger partial charge in [-0.3, -0.25) is 9.59 Å². The van der Waals surface area contributed by atoms with Crippen molar-refractivity contribution >= 4 is 11.8 Å². The van der Waals surface area contributed by atoms with Gasteiger partial charge in [0.2, 0.25) is 0 Å². The molecular formula is C12H20O3. The summed E-state index contributed by atoms with van der Waals surface area (Å²) in [6, 6.07) is 0. The van der Waals surface area contributed by atoms with E-state index in [0.717, 1.165) is 32.1 Å². The zero-order valence-corrected chi connectivity index (χ0v) is 9.42. The minimum Gasteiger partial charge on any atom is -0.480 e. The lowest BCUT2D eigenvalue weighted by atomic mass is 9.70. The van der Waals surface area contributed by atoms with E-state index in [-0.39, 0.29) is 5.78 Å². The lowest BCUT2D eigenvalue weighted by Gasteiger charge is -2.31. The number of rotatable bonds is 5. The van der Waals surface area contributed by atoms with Gasteiger partial charge in [-0.25, -0.2) is 0 Å². The highest BCUT2D eigenvalue weighted by atomic mass is 16.4. The standard InChI is InChI=1S/C12H20O3/c1-2-3-5-8-12(11(14)15)9-6-4-7-10(12)13/h2-9H2,1H3,(H,14,15). The molecule has 1 aliphatic carbocycles. The fraction of sp³-hybridized carbons (Fsp3) is 0.833. The van der Waals surface area contributed by atoms with Crippen molar-refractivity contribution in [3.8, 4) is 0 Å². The van der Waals surface area contributed by atoms with Crippen molar-refractivity contribution in [3.63, 3.8) is 0 Å². The molecule has 3 nitrogen and oxygen atoms in total. The lowest BCUT2D eigenvalue weighted by Crippen LogP contribution is -2.41. The predicted molar refractivity (Wildman–Crippen MR) is 57.7 cm³/mol. The van der Waals surface area contributed by atoms with E-state index in [4.69, 9.17) is 0 Å². The molecule has 0 radical (unpaired) electrons. The van der Waals surface area contributed by atoms with E-state index in [0.29, 0.717) is 19.3 Å². The van der Waals surface area contributed by atoms with Gasteiger partial charge in [-0.05, 0) is 19.3 Å². The van der Waals surface area contributed by atoms with Crippen LogP contribution in [-0.4, -0.2) is 16.9 Å². The van der Waals surface area contributed by atoms with Gasteiger partial charge < -0.3 is 5.11 Å². The normalized spacial score (nSPS) is 26.6. The Kier molecular flexibility index (Phi) is 4.30. The number of Topliss-reactive ketones (excluding diaryl/α,β-unsaturated/α-hetero) is 1. The van der Waals surface area contributed by atoms with Crippen molar-refractivity contribution in [3.05, 3.63) is 0 Å². The highest BCUT2D eigenvalue weighted by molar-refractivity contribution is 6.03. The Labute approximate surface area is 90.9 Å². The van der Waals surface area contributed by atoms with Crippen LogP contribution < -0.4 is 0 Å². The second kappa shape index (κ2) is 5.29. The SMILES string of the molecule is CCCCCC1(C(=O)O)CCCCC1=O. The summed E-state index contributed by atoms with van der Waals surface area (Å²) in [5.74, 6) is -0.944. The number of unbranched alkanes of at least 4 members (excludes halogenated alkanes) is 2. The molecule has 0 aromatic rings. The van der Waals surface area contributed by atoms with Gasteiger partial charge in [-0.15, -0.1) is 0 Å². The molecule has 1 N–H and O–H groups in total. The average molecular weight is 212 g/mol. The Morgan fingerprint density at radius 2 is 2.13 bits per heavy atom. The third-order valence-corrected chi connectivity index (χ3v) is 3.41. The summed E-state index contributed by atoms with van der Waals surface area (Å²) in [5, 5.41) is 9.24. The largest absolute Gasteiger partial charge is 0.480 e. The first kappa shape index (κ1) is 12.2. The van der Waals surface area contributed by atoms with Gasteiger partial charge in [-0.1, -0.05) is 32.6 Å². The Hall–Kier alpha value is -0.860. The summed E-state index contributed by atoms with van der Waals surface area (Å²) in [6.45, 7) is 2.08. The molecule has 0 heterocycles. The summed E-state index contributed by atoms with van der Waals surface area (Å²) in [6.07, 6.45) is 6.21. The van der Waals surface area contributed by atoms with Gasteiger partial charge in [0.1, 0.15) is 11.2 Å². The van der Waals surface area contributed by atoms with Crippen LogP contribution in [0, 0.1) is 5.41 Å². The molecule has 0 saturated heterocycles. The minimum absolute atomic E-state index is 0.0441. The fourth-order valence-corrected chi connectivity index (χ4v) is 2.37. The predicted octanol–water partition coefficient (Wildman–Crippen LogP) is 2.78. The second-order valence-corrected chi connectivity index (χ2v) is 4.47. The summed E-state index contributed by atoms with van der Waals surface area (Å²) in [4.78, 5) is 23.0. The number of carboxylic acids is 1. The van der Waals surface area contributed by atoms with Gasteiger partial charge >= 0.3 is 5.97 Å². The van der Waals surface area contributed by atoms with Crippen molar-refractivity contribution in [2.24, 2.45) is 5.41 Å². The van der Waals surface area contributed by atoms with E-state index < -0.39 is 11.4 Å². The minimum atomic E-state index is -1.03. The molecule has 0 amide bonds. The number of aliphatic carboxylic acids is 1. The summed E-state index contributed by atoms with van der Waals surface area (Å²) in [7, 11) is 0. The first-order valence-corrected chi connectivity index (χ1v) is 5.90. The molecule has 0 bridgehead atoms. The van der Waals surface area contributed by atoms with Crippen LogP contribution in [0.4, 0.5) is 0 Å². The second-order valence-electron chi connectivity index (χ2n) is 4.47. The van der Waals surface area contributed by atoms with Crippen molar-refractivity contribution in [1.82, 2.24) is 0 Å². The van der Waals surface area contributed by atoms with Crippen LogP contribution in [0.15, 0.2) is 0 Å². The smallest absolute Gasteiger partial charge is 0.317 e. The number of hydrogen-bond acceptors (Lipinski definition) is 2. The van der Waals surface area contributed by atoms with Crippen molar-refractivity contribution in [1.29, 1.82) is 0 Å². The molecule has 1 saturated carbocycles. The van der Waals surface area contributed by atoms with E-state index in [9.17, 15) is 14.7 Å². The maximum atomic E-state index is 11.8. The summed E-state index contributed by atoms with van der Waals surface area (Å²) in [5.41, 5.74) is -1.03. The molecule has 1 fully saturated rings. The van der Waals surface area contributed by atoms with Crippen molar-refractivity contribution in [2.75, 3.05) is 0 Å². The number of carbonyl (C=O) groups excluding carboxylic acids is 1. The monoisotopic (exact) mass is 212 g/mol. The zero-order chi connectivity index (χ0) is 11.3. The maximum absolute atomic E-state index is 11.8. The number of carboxylic acid groups (broad SMARTS) is 1. The van der Waals surface area contributed by atoms with E-state index in [1.807, 2.05) is 0 Å². The first-order valence-electron chi connectivity index (χ1n) is 5.90.